The van der Waals surface area contributed by atoms with Gasteiger partial charge >= 0.3 is 119 Å². The van der Waals surface area contributed by atoms with E-state index in [0.29, 0.717) is 4.73 Å². The minimum atomic E-state index is 0.236. The first-order valence-corrected chi connectivity index (χ1v) is 6.48. The molecule has 0 aliphatic rings. The van der Waals surface area contributed by atoms with E-state index in [1.807, 2.05) is 30.3 Å². The molecule has 0 spiro atoms. The van der Waals surface area contributed by atoms with Crippen LogP contribution in [-0.4, -0.2) is 32.1 Å². The van der Waals surface area contributed by atoms with Gasteiger partial charge in [-0.15, -0.1) is 0 Å². The Kier molecular flexibility index (Phi) is 4.72. The van der Waals surface area contributed by atoms with Crippen LogP contribution >= 0.6 is 0 Å². The SMILES string of the molecule is Oc1ccc(/C=N/NC([Se])=Nc2ccccc2)cc1. The molecule has 0 saturated carbocycles. The fraction of sp³-hybridized carbons (Fsp3) is 0. The Hall–Kier alpha value is -2.10. The van der Waals surface area contributed by atoms with Crippen LogP contribution in [-0.2, 0) is 0 Å². The molecule has 5 heteroatoms. The first-order valence-electron chi connectivity index (χ1n) is 5.63. The number of nitrogens with one attached hydrogen (secondary N) is 1. The molecule has 2 aromatic rings. The van der Waals surface area contributed by atoms with E-state index >= 15 is 0 Å². The van der Waals surface area contributed by atoms with E-state index in [4.69, 9.17) is 5.11 Å². The van der Waals surface area contributed by atoms with Gasteiger partial charge in [0.2, 0.25) is 0 Å². The maximum atomic E-state index is 9.15. The van der Waals surface area contributed by atoms with Crippen LogP contribution in [0.15, 0.2) is 64.7 Å². The van der Waals surface area contributed by atoms with Crippen LogP contribution in [0.4, 0.5) is 5.69 Å². The molecule has 0 aliphatic heterocycles. The summed E-state index contributed by atoms with van der Waals surface area (Å²) in [4.78, 5) is 4.30. The van der Waals surface area contributed by atoms with Crippen molar-refractivity contribution in [3.63, 3.8) is 0 Å². The van der Waals surface area contributed by atoms with E-state index in [9.17, 15) is 0 Å². The maximum absolute atomic E-state index is 9.15. The number of phenols is 1. The monoisotopic (exact) mass is 318 g/mol. The average Bonchev–Trinajstić information content (AvgIpc) is 2.42. The topological polar surface area (TPSA) is 57.0 Å². The summed E-state index contributed by atoms with van der Waals surface area (Å²) in [6, 6.07) is 16.4. The molecule has 2 rings (SSSR count). The second-order valence-electron chi connectivity index (χ2n) is 3.71. The second-order valence-corrected chi connectivity index (χ2v) is 4.53. The summed E-state index contributed by atoms with van der Waals surface area (Å²) in [5.74, 6) is 0.236. The fourth-order valence-electron chi connectivity index (χ4n) is 1.37. The Morgan fingerprint density at radius 1 is 1.05 bits per heavy atom. The van der Waals surface area contributed by atoms with Crippen LogP contribution in [0, 0.1) is 0 Å². The first-order chi connectivity index (χ1) is 9.24. The van der Waals surface area contributed by atoms with E-state index in [1.165, 1.54) is 0 Å². The van der Waals surface area contributed by atoms with Gasteiger partial charge in [-0.3, -0.25) is 0 Å². The summed E-state index contributed by atoms with van der Waals surface area (Å²) in [6.07, 6.45) is 1.65. The Morgan fingerprint density at radius 2 is 1.74 bits per heavy atom. The predicted octanol–water partition coefficient (Wildman–Crippen LogP) is 2.17. The zero-order valence-corrected chi connectivity index (χ0v) is 11.7. The number of amidine groups is 1. The first kappa shape index (κ1) is 13.3. The quantitative estimate of drug-likeness (QED) is 0.394. The molecule has 0 bridgehead atoms. The van der Waals surface area contributed by atoms with E-state index < -0.39 is 0 Å². The number of hydrogen-bond acceptors (Lipinski definition) is 3. The molecule has 0 atom stereocenters. The summed E-state index contributed by atoms with van der Waals surface area (Å²) >= 11 is 2.81. The number of aromatic hydroxyl groups is 1. The minimum absolute atomic E-state index is 0.236. The third-order valence-corrected chi connectivity index (χ3v) is 2.64. The molecule has 0 heterocycles. The number of hydrogen-bond donors (Lipinski definition) is 2. The number of aliphatic imine (C=N–C) groups is 1. The van der Waals surface area contributed by atoms with E-state index in [0.717, 1.165) is 11.3 Å². The standard InChI is InChI=1S/C14H12N3OSe/c18-13-8-6-11(7-9-13)10-15-17-14(19)16-12-4-2-1-3-5-12/h1-10,18H,(H,16,17)/b15-10+. The average molecular weight is 317 g/mol. The Bertz CT molecular complexity index is 579. The molecule has 1 radical (unpaired) electrons. The number of phenolic OH excluding ortho intramolecular Hbond substituents is 1. The summed E-state index contributed by atoms with van der Waals surface area (Å²) in [6.45, 7) is 0. The number of benzene rings is 2. The molecule has 0 aromatic heterocycles. The van der Waals surface area contributed by atoms with Crippen LogP contribution in [0.25, 0.3) is 0 Å². The van der Waals surface area contributed by atoms with Crippen LogP contribution in [0.2, 0.25) is 0 Å². The number of hydrazone groups is 1. The van der Waals surface area contributed by atoms with Gasteiger partial charge in [-0.25, -0.2) is 0 Å². The third kappa shape index (κ3) is 4.58. The van der Waals surface area contributed by atoms with Gasteiger partial charge in [0.15, 0.2) is 0 Å². The molecule has 95 valence electrons. The van der Waals surface area contributed by atoms with Crippen molar-refractivity contribution >= 4 is 32.6 Å². The summed E-state index contributed by atoms with van der Waals surface area (Å²) < 4.78 is 0.584. The van der Waals surface area contributed by atoms with Gasteiger partial charge in [0.05, 0.1) is 0 Å². The van der Waals surface area contributed by atoms with Crippen LogP contribution in [0.5, 0.6) is 5.75 Å². The Morgan fingerprint density at radius 3 is 2.42 bits per heavy atom. The molecule has 0 aliphatic carbocycles. The molecule has 19 heavy (non-hydrogen) atoms. The molecule has 0 amide bonds. The van der Waals surface area contributed by atoms with Crippen LogP contribution in [0.3, 0.4) is 0 Å². The predicted molar refractivity (Wildman–Crippen MR) is 78.1 cm³/mol. The molecule has 0 saturated heterocycles. The van der Waals surface area contributed by atoms with Gasteiger partial charge in [0.1, 0.15) is 0 Å². The van der Waals surface area contributed by atoms with Gasteiger partial charge in [-0.1, -0.05) is 0 Å². The van der Waals surface area contributed by atoms with Crippen molar-refractivity contribution in [2.24, 2.45) is 10.1 Å². The van der Waals surface area contributed by atoms with Gasteiger partial charge in [-0.05, 0) is 0 Å². The fourth-order valence-corrected chi connectivity index (χ4v) is 1.70. The number of rotatable bonds is 3. The Balaban J connectivity index is 1.95. The number of nitrogens with zero attached hydrogens (tertiary/aromatic N) is 2. The van der Waals surface area contributed by atoms with Crippen LogP contribution in [0.1, 0.15) is 5.56 Å². The third-order valence-electron chi connectivity index (χ3n) is 2.25. The molecule has 2 N–H and O–H groups in total. The number of para-hydroxylation sites is 1. The Labute approximate surface area is 119 Å². The van der Waals surface area contributed by atoms with Crippen molar-refractivity contribution in [1.29, 1.82) is 0 Å². The molecular formula is C14H12N3OSe. The van der Waals surface area contributed by atoms with Crippen molar-refractivity contribution in [3.8, 4) is 5.75 Å². The van der Waals surface area contributed by atoms with Gasteiger partial charge in [0.25, 0.3) is 0 Å². The van der Waals surface area contributed by atoms with Crippen LogP contribution < -0.4 is 5.43 Å². The normalized spacial score (nSPS) is 11.7. The molecular weight excluding hydrogens is 305 g/mol. The van der Waals surface area contributed by atoms with Gasteiger partial charge < -0.3 is 0 Å². The van der Waals surface area contributed by atoms with E-state index in [-0.39, 0.29) is 5.75 Å². The molecule has 0 fully saturated rings. The molecule has 4 nitrogen and oxygen atoms in total. The van der Waals surface area contributed by atoms with Gasteiger partial charge in [0, 0.05) is 0 Å². The molecule has 0 unspecified atom stereocenters. The van der Waals surface area contributed by atoms with E-state index in [1.54, 1.807) is 30.5 Å². The zero-order chi connectivity index (χ0) is 13.5. The van der Waals surface area contributed by atoms with Crippen molar-refractivity contribution in [3.05, 3.63) is 60.2 Å². The van der Waals surface area contributed by atoms with Crippen molar-refractivity contribution in [2.75, 3.05) is 0 Å². The molecule has 2 aromatic carbocycles. The second kappa shape index (κ2) is 6.73. The van der Waals surface area contributed by atoms with Crippen molar-refractivity contribution < 1.29 is 5.11 Å². The van der Waals surface area contributed by atoms with Gasteiger partial charge in [-0.2, -0.15) is 0 Å². The van der Waals surface area contributed by atoms with Crippen molar-refractivity contribution in [1.82, 2.24) is 5.43 Å². The summed E-state index contributed by atoms with van der Waals surface area (Å²) in [5.41, 5.74) is 4.53. The van der Waals surface area contributed by atoms with E-state index in [2.05, 4.69) is 31.5 Å². The zero-order valence-electron chi connectivity index (χ0n) is 10.0. The summed E-state index contributed by atoms with van der Waals surface area (Å²) in [7, 11) is 0. The summed E-state index contributed by atoms with van der Waals surface area (Å²) in [5, 5.41) is 13.2. The van der Waals surface area contributed by atoms with Crippen molar-refractivity contribution in [2.45, 2.75) is 0 Å².